The predicted molar refractivity (Wildman–Crippen MR) is 100 cm³/mol. The predicted octanol–water partition coefficient (Wildman–Crippen LogP) is 3.07. The Morgan fingerprint density at radius 2 is 1.73 bits per heavy atom. The van der Waals surface area contributed by atoms with Crippen LogP contribution in [-0.2, 0) is 19.6 Å². The third-order valence-corrected chi connectivity index (χ3v) is 5.63. The molecule has 0 atom stereocenters. The fourth-order valence-corrected chi connectivity index (χ4v) is 3.94. The minimum Gasteiger partial charge on any atom is -0.494 e. The summed E-state index contributed by atoms with van der Waals surface area (Å²) in [4.78, 5) is 11.9. The maximum Gasteiger partial charge on any atom is 0.326 e. The standard InChI is InChI=1S/C19H23NO5S/c1-5-25-16-8-10-17(11-9-16)26(22,23)20(13-19(21)24-4)18-12-14(2)6-7-15(18)3/h6-12H,5,13H2,1-4H3. The van der Waals surface area contributed by atoms with Gasteiger partial charge >= 0.3 is 5.97 Å². The Labute approximate surface area is 154 Å². The van der Waals surface area contributed by atoms with Gasteiger partial charge in [-0.05, 0) is 62.2 Å². The molecule has 0 N–H and O–H groups in total. The van der Waals surface area contributed by atoms with E-state index in [0.29, 0.717) is 18.0 Å². The molecule has 0 aliphatic heterocycles. The number of benzene rings is 2. The van der Waals surface area contributed by atoms with Crippen molar-refractivity contribution in [1.82, 2.24) is 0 Å². The Bertz CT molecular complexity index is 875. The van der Waals surface area contributed by atoms with Crippen molar-refractivity contribution in [3.05, 3.63) is 53.6 Å². The molecule has 2 aromatic rings. The molecular weight excluding hydrogens is 354 g/mol. The summed E-state index contributed by atoms with van der Waals surface area (Å²) in [7, 11) is -2.72. The fourth-order valence-electron chi connectivity index (χ4n) is 2.47. The number of carbonyl (C=O) groups excluding carboxylic acids is 1. The first-order valence-corrected chi connectivity index (χ1v) is 9.63. The van der Waals surface area contributed by atoms with Crippen LogP contribution in [0.4, 0.5) is 5.69 Å². The number of hydrogen-bond donors (Lipinski definition) is 0. The molecule has 140 valence electrons. The van der Waals surface area contributed by atoms with Crippen LogP contribution >= 0.6 is 0 Å². The average molecular weight is 377 g/mol. The average Bonchev–Trinajstić information content (AvgIpc) is 2.62. The highest BCUT2D eigenvalue weighted by Crippen LogP contribution is 2.28. The third kappa shape index (κ3) is 4.35. The molecule has 0 spiro atoms. The van der Waals surface area contributed by atoms with Crippen LogP contribution in [0, 0.1) is 13.8 Å². The monoisotopic (exact) mass is 377 g/mol. The zero-order chi connectivity index (χ0) is 19.3. The van der Waals surface area contributed by atoms with Gasteiger partial charge in [-0.15, -0.1) is 0 Å². The first-order valence-electron chi connectivity index (χ1n) is 8.19. The topological polar surface area (TPSA) is 72.9 Å². The highest BCUT2D eigenvalue weighted by atomic mass is 32.2. The lowest BCUT2D eigenvalue weighted by Crippen LogP contribution is -2.36. The molecule has 0 aliphatic rings. The van der Waals surface area contributed by atoms with Crippen molar-refractivity contribution in [1.29, 1.82) is 0 Å². The smallest absolute Gasteiger partial charge is 0.326 e. The number of ether oxygens (including phenoxy) is 2. The van der Waals surface area contributed by atoms with Crippen LogP contribution in [0.3, 0.4) is 0 Å². The number of sulfonamides is 1. The van der Waals surface area contributed by atoms with E-state index in [-0.39, 0.29) is 4.90 Å². The minimum atomic E-state index is -3.95. The maximum atomic E-state index is 13.2. The normalized spacial score (nSPS) is 11.1. The minimum absolute atomic E-state index is 0.0748. The van der Waals surface area contributed by atoms with E-state index in [4.69, 9.17) is 4.74 Å². The lowest BCUT2D eigenvalue weighted by atomic mass is 10.1. The third-order valence-electron chi connectivity index (χ3n) is 3.86. The Morgan fingerprint density at radius 1 is 1.08 bits per heavy atom. The Balaban J connectivity index is 2.52. The number of rotatable bonds is 7. The first-order chi connectivity index (χ1) is 12.3. The number of aryl methyl sites for hydroxylation is 2. The van der Waals surface area contributed by atoms with Gasteiger partial charge in [-0.2, -0.15) is 0 Å². The molecule has 0 amide bonds. The van der Waals surface area contributed by atoms with Gasteiger partial charge in [-0.3, -0.25) is 9.10 Å². The Hall–Kier alpha value is -2.54. The van der Waals surface area contributed by atoms with Crippen molar-refractivity contribution >= 4 is 21.7 Å². The van der Waals surface area contributed by atoms with E-state index in [9.17, 15) is 13.2 Å². The van der Waals surface area contributed by atoms with Gasteiger partial charge in [-0.25, -0.2) is 8.42 Å². The lowest BCUT2D eigenvalue weighted by molar-refractivity contribution is -0.138. The van der Waals surface area contributed by atoms with Crippen molar-refractivity contribution in [2.24, 2.45) is 0 Å². The second-order valence-electron chi connectivity index (χ2n) is 5.78. The zero-order valence-electron chi connectivity index (χ0n) is 15.4. The van der Waals surface area contributed by atoms with Gasteiger partial charge in [0.15, 0.2) is 0 Å². The fraction of sp³-hybridized carbons (Fsp3) is 0.316. The first kappa shape index (κ1) is 19.8. The number of esters is 1. The highest BCUT2D eigenvalue weighted by Gasteiger charge is 2.28. The maximum absolute atomic E-state index is 13.2. The molecule has 0 radical (unpaired) electrons. The summed E-state index contributed by atoms with van der Waals surface area (Å²) >= 11 is 0. The van der Waals surface area contributed by atoms with Gasteiger partial charge in [-0.1, -0.05) is 12.1 Å². The van der Waals surface area contributed by atoms with E-state index in [2.05, 4.69) is 4.74 Å². The SMILES string of the molecule is CCOc1ccc(S(=O)(=O)N(CC(=O)OC)c2cc(C)ccc2C)cc1. The summed E-state index contributed by atoms with van der Waals surface area (Å²) in [5.74, 6) is -0.0573. The number of hydrogen-bond acceptors (Lipinski definition) is 5. The van der Waals surface area contributed by atoms with Crippen LogP contribution in [0.5, 0.6) is 5.75 Å². The van der Waals surface area contributed by atoms with E-state index in [1.54, 1.807) is 25.1 Å². The van der Waals surface area contributed by atoms with Crippen molar-refractivity contribution < 1.29 is 22.7 Å². The van der Waals surface area contributed by atoms with Crippen LogP contribution in [0.15, 0.2) is 47.4 Å². The molecule has 0 saturated heterocycles. The van der Waals surface area contributed by atoms with Crippen molar-refractivity contribution in [2.75, 3.05) is 24.6 Å². The number of methoxy groups -OCH3 is 1. The van der Waals surface area contributed by atoms with Gasteiger partial charge in [0, 0.05) is 0 Å². The Morgan fingerprint density at radius 3 is 2.31 bits per heavy atom. The highest BCUT2D eigenvalue weighted by molar-refractivity contribution is 7.92. The molecule has 7 heteroatoms. The molecule has 26 heavy (non-hydrogen) atoms. The van der Waals surface area contributed by atoms with E-state index < -0.39 is 22.5 Å². The molecule has 0 fully saturated rings. The van der Waals surface area contributed by atoms with Gasteiger partial charge in [0.2, 0.25) is 0 Å². The molecule has 6 nitrogen and oxygen atoms in total. The van der Waals surface area contributed by atoms with E-state index in [0.717, 1.165) is 15.4 Å². The number of anilines is 1. The van der Waals surface area contributed by atoms with Crippen LogP contribution in [0.25, 0.3) is 0 Å². The van der Waals surface area contributed by atoms with Gasteiger partial charge in [0.1, 0.15) is 12.3 Å². The van der Waals surface area contributed by atoms with Gasteiger partial charge in [0.25, 0.3) is 10.0 Å². The summed E-state index contributed by atoms with van der Waals surface area (Å²) in [5, 5.41) is 0. The van der Waals surface area contributed by atoms with Crippen LogP contribution in [0.1, 0.15) is 18.1 Å². The summed E-state index contributed by atoms with van der Waals surface area (Å²) in [6, 6.07) is 11.6. The van der Waals surface area contributed by atoms with E-state index in [1.165, 1.54) is 19.2 Å². The second kappa shape index (κ2) is 8.23. The molecule has 0 heterocycles. The van der Waals surface area contributed by atoms with Gasteiger partial charge < -0.3 is 9.47 Å². The van der Waals surface area contributed by atoms with Crippen LogP contribution in [-0.4, -0.2) is 34.6 Å². The largest absolute Gasteiger partial charge is 0.494 e. The molecule has 2 rings (SSSR count). The summed E-state index contributed by atoms with van der Waals surface area (Å²) in [6.07, 6.45) is 0. The molecule has 0 aliphatic carbocycles. The van der Waals surface area contributed by atoms with Crippen molar-refractivity contribution in [2.45, 2.75) is 25.7 Å². The number of carbonyl (C=O) groups is 1. The molecule has 0 bridgehead atoms. The molecular formula is C19H23NO5S. The summed E-state index contributed by atoms with van der Waals surface area (Å²) < 4.78 is 37.5. The van der Waals surface area contributed by atoms with E-state index in [1.807, 2.05) is 26.0 Å². The van der Waals surface area contributed by atoms with Gasteiger partial charge in [0.05, 0.1) is 24.3 Å². The van der Waals surface area contributed by atoms with Crippen molar-refractivity contribution in [3.8, 4) is 5.75 Å². The van der Waals surface area contributed by atoms with Crippen LogP contribution < -0.4 is 9.04 Å². The quantitative estimate of drug-likeness (QED) is 0.694. The molecule has 2 aromatic carbocycles. The number of nitrogens with zero attached hydrogens (tertiary/aromatic N) is 1. The summed E-state index contributed by atoms with van der Waals surface area (Å²) in [6.45, 7) is 5.60. The summed E-state index contributed by atoms with van der Waals surface area (Å²) in [5.41, 5.74) is 2.08. The molecule has 0 saturated carbocycles. The van der Waals surface area contributed by atoms with E-state index >= 15 is 0 Å². The lowest BCUT2D eigenvalue weighted by Gasteiger charge is -2.25. The zero-order valence-corrected chi connectivity index (χ0v) is 16.2. The Kier molecular flexibility index (Phi) is 6.26. The van der Waals surface area contributed by atoms with Crippen LogP contribution in [0.2, 0.25) is 0 Å². The molecule has 0 aromatic heterocycles. The second-order valence-corrected chi connectivity index (χ2v) is 7.64. The van der Waals surface area contributed by atoms with Crippen molar-refractivity contribution in [3.63, 3.8) is 0 Å². The molecule has 0 unspecified atom stereocenters.